The Bertz CT molecular complexity index is 398. The van der Waals surface area contributed by atoms with Gasteiger partial charge in [0.1, 0.15) is 6.10 Å². The van der Waals surface area contributed by atoms with Gasteiger partial charge in [-0.1, -0.05) is 0 Å². The van der Waals surface area contributed by atoms with Crippen molar-refractivity contribution < 1.29 is 9.47 Å². The zero-order valence-electron chi connectivity index (χ0n) is 11.3. The van der Waals surface area contributed by atoms with Crippen molar-refractivity contribution >= 4 is 5.95 Å². The van der Waals surface area contributed by atoms with Crippen LogP contribution in [0.25, 0.3) is 0 Å². The number of hydrogen-bond acceptors (Lipinski definition) is 5. The molecule has 1 fully saturated rings. The highest BCUT2D eigenvalue weighted by molar-refractivity contribution is 5.29. The molecular formula is C13H21N3O2. The Balaban J connectivity index is 2.02. The molecule has 5 heteroatoms. The second kappa shape index (κ2) is 6.00. The molecule has 18 heavy (non-hydrogen) atoms. The third-order valence-electron chi connectivity index (χ3n) is 3.25. The number of hydrogen-bond donors (Lipinski definition) is 1. The van der Waals surface area contributed by atoms with Crippen molar-refractivity contribution in [1.82, 2.24) is 9.97 Å². The average molecular weight is 251 g/mol. The van der Waals surface area contributed by atoms with Crippen LogP contribution in [0.1, 0.15) is 31.4 Å². The molecule has 1 aliphatic rings. The van der Waals surface area contributed by atoms with Crippen molar-refractivity contribution in [3.05, 3.63) is 11.8 Å². The van der Waals surface area contributed by atoms with Gasteiger partial charge in [-0.15, -0.1) is 0 Å². The van der Waals surface area contributed by atoms with E-state index in [4.69, 9.17) is 9.47 Å². The molecule has 0 aliphatic heterocycles. The fraction of sp³-hybridized carbons (Fsp3) is 0.692. The lowest BCUT2D eigenvalue weighted by Gasteiger charge is -2.28. The molecule has 1 saturated carbocycles. The molecular weight excluding hydrogens is 230 g/mol. The number of anilines is 1. The molecule has 1 heterocycles. The van der Waals surface area contributed by atoms with Gasteiger partial charge in [-0.3, -0.25) is 0 Å². The normalized spacial score (nSPS) is 23.7. The molecule has 5 nitrogen and oxygen atoms in total. The van der Waals surface area contributed by atoms with Crippen molar-refractivity contribution in [2.24, 2.45) is 0 Å². The van der Waals surface area contributed by atoms with E-state index >= 15 is 0 Å². The molecule has 1 aliphatic carbocycles. The lowest BCUT2D eigenvalue weighted by molar-refractivity contribution is 0.0195. The van der Waals surface area contributed by atoms with Gasteiger partial charge in [-0.2, -0.15) is 4.98 Å². The zero-order chi connectivity index (χ0) is 13.0. The predicted molar refractivity (Wildman–Crippen MR) is 70.0 cm³/mol. The quantitative estimate of drug-likeness (QED) is 0.888. The highest BCUT2D eigenvalue weighted by atomic mass is 16.5. The third kappa shape index (κ3) is 3.32. The van der Waals surface area contributed by atoms with Gasteiger partial charge in [0.15, 0.2) is 0 Å². The smallest absolute Gasteiger partial charge is 0.225 e. The number of methoxy groups -OCH3 is 1. The van der Waals surface area contributed by atoms with E-state index in [2.05, 4.69) is 15.3 Å². The van der Waals surface area contributed by atoms with Gasteiger partial charge in [0, 0.05) is 32.3 Å². The molecule has 0 radical (unpaired) electrons. The van der Waals surface area contributed by atoms with E-state index in [0.29, 0.717) is 17.9 Å². The molecule has 0 amide bonds. The van der Waals surface area contributed by atoms with Gasteiger partial charge in [0.2, 0.25) is 11.8 Å². The molecule has 1 aromatic rings. The first kappa shape index (κ1) is 13.1. The minimum atomic E-state index is 0.197. The Kier molecular flexibility index (Phi) is 4.36. The zero-order valence-corrected chi connectivity index (χ0v) is 11.3. The van der Waals surface area contributed by atoms with Crippen molar-refractivity contribution in [1.29, 1.82) is 0 Å². The van der Waals surface area contributed by atoms with Crippen LogP contribution < -0.4 is 10.1 Å². The second-order valence-corrected chi connectivity index (χ2v) is 4.69. The van der Waals surface area contributed by atoms with Gasteiger partial charge in [-0.25, -0.2) is 4.98 Å². The van der Waals surface area contributed by atoms with Gasteiger partial charge < -0.3 is 14.8 Å². The van der Waals surface area contributed by atoms with Crippen LogP contribution in [-0.2, 0) is 4.74 Å². The van der Waals surface area contributed by atoms with Crippen LogP contribution in [0.3, 0.4) is 0 Å². The van der Waals surface area contributed by atoms with Crippen LogP contribution in [0.2, 0.25) is 0 Å². The first-order valence-electron chi connectivity index (χ1n) is 6.44. The van der Waals surface area contributed by atoms with Gasteiger partial charge in [-0.05, 0) is 26.2 Å². The van der Waals surface area contributed by atoms with Crippen LogP contribution in [0.5, 0.6) is 5.88 Å². The Morgan fingerprint density at radius 2 is 2.06 bits per heavy atom. The maximum Gasteiger partial charge on any atom is 0.225 e. The van der Waals surface area contributed by atoms with Gasteiger partial charge >= 0.3 is 0 Å². The van der Waals surface area contributed by atoms with E-state index in [1.165, 1.54) is 0 Å². The summed E-state index contributed by atoms with van der Waals surface area (Å²) in [7, 11) is 3.57. The fourth-order valence-corrected chi connectivity index (χ4v) is 2.31. The Labute approximate surface area is 108 Å². The van der Waals surface area contributed by atoms with E-state index in [1.807, 2.05) is 13.0 Å². The number of nitrogens with zero attached hydrogens (tertiary/aromatic N) is 2. The van der Waals surface area contributed by atoms with Crippen LogP contribution in [-0.4, -0.2) is 36.3 Å². The van der Waals surface area contributed by atoms with Gasteiger partial charge in [0.25, 0.3) is 0 Å². The van der Waals surface area contributed by atoms with Crippen molar-refractivity contribution in [2.75, 3.05) is 19.5 Å². The second-order valence-electron chi connectivity index (χ2n) is 4.69. The van der Waals surface area contributed by atoms with E-state index in [0.717, 1.165) is 31.4 Å². The van der Waals surface area contributed by atoms with E-state index in [1.54, 1.807) is 14.2 Å². The largest absolute Gasteiger partial charge is 0.474 e. The fourth-order valence-electron chi connectivity index (χ4n) is 2.31. The predicted octanol–water partition coefficient (Wildman–Crippen LogP) is 2.16. The Hall–Kier alpha value is -1.36. The topological polar surface area (TPSA) is 56.3 Å². The molecule has 2 rings (SSSR count). The lowest BCUT2D eigenvalue weighted by Crippen LogP contribution is -2.29. The van der Waals surface area contributed by atoms with Crippen LogP contribution in [0.15, 0.2) is 6.07 Å². The maximum atomic E-state index is 5.94. The Morgan fingerprint density at radius 1 is 1.28 bits per heavy atom. The molecule has 2 atom stereocenters. The molecule has 1 aromatic heterocycles. The number of ether oxygens (including phenoxy) is 2. The number of aromatic nitrogens is 2. The summed E-state index contributed by atoms with van der Waals surface area (Å²) in [4.78, 5) is 8.56. The van der Waals surface area contributed by atoms with Crippen molar-refractivity contribution in [2.45, 2.75) is 44.8 Å². The van der Waals surface area contributed by atoms with Crippen LogP contribution in [0.4, 0.5) is 5.95 Å². The first-order valence-corrected chi connectivity index (χ1v) is 6.44. The number of aryl methyl sites for hydroxylation is 1. The minimum Gasteiger partial charge on any atom is -0.474 e. The summed E-state index contributed by atoms with van der Waals surface area (Å²) in [6.07, 6.45) is 4.79. The summed E-state index contributed by atoms with van der Waals surface area (Å²) in [5.41, 5.74) is 0.906. The van der Waals surface area contributed by atoms with Gasteiger partial charge in [0.05, 0.1) is 6.10 Å². The summed E-state index contributed by atoms with van der Waals surface area (Å²) < 4.78 is 11.3. The molecule has 100 valence electrons. The average Bonchev–Trinajstić information content (AvgIpc) is 2.38. The maximum absolute atomic E-state index is 5.94. The summed E-state index contributed by atoms with van der Waals surface area (Å²) in [6, 6.07) is 1.87. The summed E-state index contributed by atoms with van der Waals surface area (Å²) >= 11 is 0. The summed E-state index contributed by atoms with van der Waals surface area (Å²) in [5.74, 6) is 1.25. The standard InChI is InChI=1S/C13H21N3O2/c1-9-7-12(16-13(14-2)15-9)18-11-6-4-5-10(8-11)17-3/h7,10-11H,4-6,8H2,1-3H3,(H,14,15,16). The molecule has 1 N–H and O–H groups in total. The van der Waals surface area contributed by atoms with E-state index in [-0.39, 0.29) is 6.10 Å². The van der Waals surface area contributed by atoms with E-state index in [9.17, 15) is 0 Å². The van der Waals surface area contributed by atoms with Crippen LogP contribution >= 0.6 is 0 Å². The SMILES string of the molecule is CNc1nc(C)cc(OC2CCCC(OC)C2)n1. The minimum absolute atomic E-state index is 0.197. The monoisotopic (exact) mass is 251 g/mol. The molecule has 0 bridgehead atoms. The highest BCUT2D eigenvalue weighted by Crippen LogP contribution is 2.25. The molecule has 0 saturated heterocycles. The summed E-state index contributed by atoms with van der Waals surface area (Å²) in [5, 5.41) is 2.94. The van der Waals surface area contributed by atoms with Crippen LogP contribution in [0, 0.1) is 6.92 Å². The van der Waals surface area contributed by atoms with Crippen molar-refractivity contribution in [3.63, 3.8) is 0 Å². The first-order chi connectivity index (χ1) is 8.71. The molecule has 0 spiro atoms. The van der Waals surface area contributed by atoms with Crippen molar-refractivity contribution in [3.8, 4) is 5.88 Å². The number of nitrogens with one attached hydrogen (secondary N) is 1. The van der Waals surface area contributed by atoms with E-state index < -0.39 is 0 Å². The number of rotatable bonds is 4. The molecule has 2 unspecified atom stereocenters. The lowest BCUT2D eigenvalue weighted by atomic mass is 9.95. The molecule has 0 aromatic carbocycles. The highest BCUT2D eigenvalue weighted by Gasteiger charge is 2.23. The Morgan fingerprint density at radius 3 is 2.78 bits per heavy atom. The summed E-state index contributed by atoms with van der Waals surface area (Å²) in [6.45, 7) is 1.94. The third-order valence-corrected chi connectivity index (χ3v) is 3.25.